The van der Waals surface area contributed by atoms with Crippen molar-refractivity contribution in [1.29, 1.82) is 0 Å². The van der Waals surface area contributed by atoms with Crippen LogP contribution in [0.25, 0.3) is 0 Å². The molecule has 0 bridgehead atoms. The summed E-state index contributed by atoms with van der Waals surface area (Å²) in [4.78, 5) is 0.118. The number of anilines is 1. The van der Waals surface area contributed by atoms with Gasteiger partial charge in [0.1, 0.15) is 16.4 Å². The third-order valence-corrected chi connectivity index (χ3v) is 5.96. The number of hydrogen-bond acceptors (Lipinski definition) is 6. The fraction of sp³-hybridized carbons (Fsp3) is 0.200. The SMILES string of the molecule is COc1ccc(C)cc1S(=O)(=O)N(C)c1ccc(Oc2ccc(C)nn2)cc1. The molecule has 0 aliphatic rings. The molecule has 0 fully saturated rings. The Hall–Kier alpha value is -3.13. The fourth-order valence-electron chi connectivity index (χ4n) is 2.56. The van der Waals surface area contributed by atoms with E-state index in [1.54, 1.807) is 54.6 Å². The van der Waals surface area contributed by atoms with Gasteiger partial charge in [-0.1, -0.05) is 6.07 Å². The molecule has 3 rings (SSSR count). The predicted molar refractivity (Wildman–Crippen MR) is 107 cm³/mol. The van der Waals surface area contributed by atoms with Gasteiger partial charge in [-0.15, -0.1) is 5.10 Å². The van der Waals surface area contributed by atoms with E-state index in [1.807, 2.05) is 13.8 Å². The van der Waals surface area contributed by atoms with Gasteiger partial charge in [-0.2, -0.15) is 5.10 Å². The maximum absolute atomic E-state index is 13.1. The molecule has 0 saturated carbocycles. The number of ether oxygens (including phenoxy) is 2. The van der Waals surface area contributed by atoms with E-state index in [4.69, 9.17) is 9.47 Å². The number of aryl methyl sites for hydroxylation is 2. The summed E-state index contributed by atoms with van der Waals surface area (Å²) in [7, 11) is -0.842. The van der Waals surface area contributed by atoms with Crippen LogP contribution in [0.15, 0.2) is 59.5 Å². The summed E-state index contributed by atoms with van der Waals surface area (Å²) in [6.07, 6.45) is 0. The fourth-order valence-corrected chi connectivity index (χ4v) is 3.99. The zero-order valence-electron chi connectivity index (χ0n) is 16.1. The summed E-state index contributed by atoms with van der Waals surface area (Å²) < 4.78 is 38.2. The maximum atomic E-state index is 13.1. The van der Waals surface area contributed by atoms with Crippen molar-refractivity contribution in [1.82, 2.24) is 10.2 Å². The molecule has 0 atom stereocenters. The molecule has 8 heteroatoms. The molecule has 0 unspecified atom stereocenters. The number of sulfonamides is 1. The Bertz CT molecular complexity index is 1070. The van der Waals surface area contributed by atoms with Crippen LogP contribution in [0, 0.1) is 13.8 Å². The Balaban J connectivity index is 1.85. The lowest BCUT2D eigenvalue weighted by Gasteiger charge is -2.21. The second kappa shape index (κ2) is 7.85. The Morgan fingerprint density at radius 1 is 0.929 bits per heavy atom. The molecule has 146 valence electrons. The largest absolute Gasteiger partial charge is 0.495 e. The minimum Gasteiger partial charge on any atom is -0.495 e. The van der Waals surface area contributed by atoms with Crippen molar-refractivity contribution in [3.8, 4) is 17.4 Å². The van der Waals surface area contributed by atoms with Crippen molar-refractivity contribution in [2.24, 2.45) is 0 Å². The van der Waals surface area contributed by atoms with Gasteiger partial charge in [0, 0.05) is 13.1 Å². The molecule has 0 saturated heterocycles. The van der Waals surface area contributed by atoms with Crippen molar-refractivity contribution in [3.63, 3.8) is 0 Å². The first-order valence-corrected chi connectivity index (χ1v) is 9.97. The normalized spacial score (nSPS) is 11.1. The first-order valence-electron chi connectivity index (χ1n) is 8.53. The summed E-state index contributed by atoms with van der Waals surface area (Å²) in [5.41, 5.74) is 2.11. The van der Waals surface area contributed by atoms with Gasteiger partial charge in [0.25, 0.3) is 10.0 Å². The van der Waals surface area contributed by atoms with E-state index in [1.165, 1.54) is 18.5 Å². The highest BCUT2D eigenvalue weighted by atomic mass is 32.2. The molecule has 0 amide bonds. The Morgan fingerprint density at radius 2 is 1.64 bits per heavy atom. The summed E-state index contributed by atoms with van der Waals surface area (Å²) in [5, 5.41) is 7.88. The molecule has 0 N–H and O–H groups in total. The third-order valence-electron chi connectivity index (χ3n) is 4.15. The van der Waals surface area contributed by atoms with E-state index in [0.29, 0.717) is 23.1 Å². The van der Waals surface area contributed by atoms with Crippen LogP contribution in [-0.2, 0) is 10.0 Å². The first kappa shape index (κ1) is 19.6. The topological polar surface area (TPSA) is 81.6 Å². The standard InChI is InChI=1S/C20H21N3O4S/c1-14-5-11-18(26-4)19(13-14)28(24,25)23(3)16-7-9-17(10-8-16)27-20-12-6-15(2)21-22-20/h5-13H,1-4H3. The van der Waals surface area contributed by atoms with Crippen LogP contribution in [0.1, 0.15) is 11.3 Å². The molecular weight excluding hydrogens is 378 g/mol. The van der Waals surface area contributed by atoms with Gasteiger partial charge in [0.05, 0.1) is 18.5 Å². The number of nitrogens with zero attached hydrogens (tertiary/aromatic N) is 3. The highest BCUT2D eigenvalue weighted by Gasteiger charge is 2.25. The zero-order valence-corrected chi connectivity index (χ0v) is 16.9. The molecule has 0 spiro atoms. The predicted octanol–water partition coefficient (Wildman–Crippen LogP) is 3.72. The van der Waals surface area contributed by atoms with Crippen LogP contribution in [0.2, 0.25) is 0 Å². The molecule has 28 heavy (non-hydrogen) atoms. The number of methoxy groups -OCH3 is 1. The zero-order chi connectivity index (χ0) is 20.3. The molecule has 1 aromatic heterocycles. The smallest absolute Gasteiger partial charge is 0.267 e. The number of aromatic nitrogens is 2. The minimum atomic E-state index is -3.79. The lowest BCUT2D eigenvalue weighted by atomic mass is 10.2. The third kappa shape index (κ3) is 4.07. The van der Waals surface area contributed by atoms with Gasteiger partial charge < -0.3 is 9.47 Å². The van der Waals surface area contributed by atoms with E-state index in [-0.39, 0.29) is 4.90 Å². The lowest BCUT2D eigenvalue weighted by molar-refractivity contribution is 0.402. The average Bonchev–Trinajstić information content (AvgIpc) is 2.69. The molecule has 0 aliphatic carbocycles. The Kier molecular flexibility index (Phi) is 5.51. The molecule has 0 aliphatic heterocycles. The molecule has 2 aromatic carbocycles. The average molecular weight is 399 g/mol. The van der Waals surface area contributed by atoms with Crippen LogP contribution in [0.5, 0.6) is 17.4 Å². The number of rotatable bonds is 6. The Morgan fingerprint density at radius 3 is 2.25 bits per heavy atom. The van der Waals surface area contributed by atoms with Gasteiger partial charge in [0.2, 0.25) is 5.88 Å². The quantitative estimate of drug-likeness (QED) is 0.628. The second-order valence-corrected chi connectivity index (χ2v) is 8.17. The summed E-state index contributed by atoms with van der Waals surface area (Å²) in [6, 6.07) is 15.2. The summed E-state index contributed by atoms with van der Waals surface area (Å²) in [6.45, 7) is 3.67. The lowest BCUT2D eigenvalue weighted by Crippen LogP contribution is -2.27. The van der Waals surface area contributed by atoms with E-state index in [9.17, 15) is 8.42 Å². The van der Waals surface area contributed by atoms with Crippen LogP contribution in [-0.4, -0.2) is 32.8 Å². The molecule has 3 aromatic rings. The van der Waals surface area contributed by atoms with Crippen molar-refractivity contribution in [3.05, 3.63) is 65.9 Å². The van der Waals surface area contributed by atoms with Crippen molar-refractivity contribution < 1.29 is 17.9 Å². The highest BCUT2D eigenvalue weighted by molar-refractivity contribution is 7.92. The number of hydrogen-bond donors (Lipinski definition) is 0. The highest BCUT2D eigenvalue weighted by Crippen LogP contribution is 2.31. The molecule has 7 nitrogen and oxygen atoms in total. The molecule has 0 radical (unpaired) electrons. The first-order chi connectivity index (χ1) is 13.3. The second-order valence-electron chi connectivity index (χ2n) is 6.24. The van der Waals surface area contributed by atoms with Crippen LogP contribution < -0.4 is 13.8 Å². The van der Waals surface area contributed by atoms with Gasteiger partial charge in [-0.05, 0) is 61.9 Å². The van der Waals surface area contributed by atoms with E-state index in [0.717, 1.165) is 11.3 Å². The minimum absolute atomic E-state index is 0.118. The molecular formula is C20H21N3O4S. The van der Waals surface area contributed by atoms with E-state index < -0.39 is 10.0 Å². The van der Waals surface area contributed by atoms with Gasteiger partial charge in [-0.3, -0.25) is 4.31 Å². The van der Waals surface area contributed by atoms with Crippen LogP contribution in [0.4, 0.5) is 5.69 Å². The van der Waals surface area contributed by atoms with Gasteiger partial charge in [-0.25, -0.2) is 8.42 Å². The summed E-state index contributed by atoms with van der Waals surface area (Å²) >= 11 is 0. The van der Waals surface area contributed by atoms with Crippen molar-refractivity contribution >= 4 is 15.7 Å². The summed E-state index contributed by atoms with van der Waals surface area (Å²) in [5.74, 6) is 1.19. The van der Waals surface area contributed by atoms with E-state index >= 15 is 0 Å². The maximum Gasteiger partial charge on any atom is 0.267 e. The van der Waals surface area contributed by atoms with Gasteiger partial charge >= 0.3 is 0 Å². The Labute approximate surface area is 164 Å². The number of benzene rings is 2. The van der Waals surface area contributed by atoms with Crippen LogP contribution in [0.3, 0.4) is 0 Å². The van der Waals surface area contributed by atoms with Crippen LogP contribution >= 0.6 is 0 Å². The van der Waals surface area contributed by atoms with Gasteiger partial charge in [0.15, 0.2) is 0 Å². The molecule has 1 heterocycles. The van der Waals surface area contributed by atoms with Crippen molar-refractivity contribution in [2.75, 3.05) is 18.5 Å². The monoisotopic (exact) mass is 399 g/mol. The van der Waals surface area contributed by atoms with Crippen molar-refractivity contribution in [2.45, 2.75) is 18.7 Å². The van der Waals surface area contributed by atoms with E-state index in [2.05, 4.69) is 10.2 Å².